The number of unbranched alkanes of at least 4 members (excludes halogenated alkanes) is 6. The van der Waals surface area contributed by atoms with Gasteiger partial charge in [0.2, 0.25) is 0 Å². The van der Waals surface area contributed by atoms with Crippen molar-refractivity contribution in [2.24, 2.45) is 0 Å². The van der Waals surface area contributed by atoms with Gasteiger partial charge in [-0.3, -0.25) is 0 Å². The summed E-state index contributed by atoms with van der Waals surface area (Å²) in [6, 6.07) is 9.82. The van der Waals surface area contributed by atoms with Gasteiger partial charge in [-0.05, 0) is 72.3 Å². The fraction of sp³-hybridized carbons (Fsp3) is 0.559. The number of aliphatic hydroxyl groups is 2. The minimum atomic E-state index is -0.946. The third kappa shape index (κ3) is 10.1. The molecule has 0 atom stereocenters. The Hall–Kier alpha value is -3.97. The van der Waals surface area contributed by atoms with Crippen LogP contribution >= 0.6 is 0 Å². The largest absolute Gasteiger partial charge is 0.493 e. The average Bonchev–Trinajstić information content (AvgIpc) is 3.26. The Kier molecular flexibility index (Phi) is 15.2. The second-order valence-electron chi connectivity index (χ2n) is 10.8. The quantitative estimate of drug-likeness (QED) is 0.139. The van der Waals surface area contributed by atoms with Gasteiger partial charge in [0.05, 0.1) is 18.8 Å². The van der Waals surface area contributed by atoms with Crippen molar-refractivity contribution in [2.45, 2.75) is 84.7 Å². The van der Waals surface area contributed by atoms with E-state index in [0.29, 0.717) is 30.3 Å². The molecule has 2 N–H and O–H groups in total. The molecule has 1 aromatic rings. The average molecular weight is 591 g/mol. The summed E-state index contributed by atoms with van der Waals surface area (Å²) >= 11 is 0. The van der Waals surface area contributed by atoms with Crippen LogP contribution in [-0.4, -0.2) is 55.3 Å². The van der Waals surface area contributed by atoms with Crippen LogP contribution < -0.4 is 14.4 Å². The molecule has 1 heterocycles. The van der Waals surface area contributed by atoms with Gasteiger partial charge < -0.3 is 29.3 Å². The predicted octanol–water partition coefficient (Wildman–Crippen LogP) is 6.34. The van der Waals surface area contributed by atoms with Crippen molar-refractivity contribution in [1.29, 1.82) is 15.8 Å². The zero-order chi connectivity index (χ0) is 31.7. The normalized spacial score (nSPS) is 13.8. The molecule has 2 rings (SSSR count). The molecule has 232 valence electrons. The molecule has 1 aliphatic rings. The Morgan fingerprint density at radius 2 is 1.35 bits per heavy atom. The number of anilines is 1. The van der Waals surface area contributed by atoms with Crippen LogP contribution in [-0.2, 0) is 4.74 Å². The van der Waals surface area contributed by atoms with E-state index >= 15 is 0 Å². The highest BCUT2D eigenvalue weighted by Crippen LogP contribution is 2.42. The van der Waals surface area contributed by atoms with Gasteiger partial charge in [-0.1, -0.05) is 18.9 Å². The van der Waals surface area contributed by atoms with Gasteiger partial charge in [-0.15, -0.1) is 0 Å². The first-order chi connectivity index (χ1) is 20.8. The van der Waals surface area contributed by atoms with Crippen molar-refractivity contribution in [3.8, 4) is 29.7 Å². The van der Waals surface area contributed by atoms with Gasteiger partial charge in [0.15, 0.2) is 11.3 Å². The molecule has 0 bridgehead atoms. The number of aliphatic hydroxyl groups excluding tert-OH is 2. The van der Waals surface area contributed by atoms with Crippen LogP contribution in [0.25, 0.3) is 6.08 Å². The van der Waals surface area contributed by atoms with Crippen molar-refractivity contribution in [1.82, 2.24) is 0 Å². The first-order valence-corrected chi connectivity index (χ1v) is 15.3. The summed E-state index contributed by atoms with van der Waals surface area (Å²) in [4.78, 5) is 2.22. The lowest BCUT2D eigenvalue weighted by Gasteiger charge is -2.25. The lowest BCUT2D eigenvalue weighted by molar-refractivity contribution is 0.0954. The van der Waals surface area contributed by atoms with Crippen LogP contribution in [0, 0.1) is 34.0 Å². The molecule has 9 heteroatoms. The van der Waals surface area contributed by atoms with E-state index in [0.717, 1.165) is 75.7 Å². The molecule has 9 nitrogen and oxygen atoms in total. The Bertz CT molecular complexity index is 1220. The standard InChI is InChI=1S/C34H46N4O5/c1-5-38(6-2)27-21-31(41-19-13-9-7-11-17-39)28(32(22-27)42-20-14-10-8-12-18-40)15-16-30-29(25-37)33(26(23-35)24-36)43-34(30,3)4/h15-16,21-22,39-40H,5-14,17-20H2,1-4H3/b16-15+. The summed E-state index contributed by atoms with van der Waals surface area (Å²) in [5.41, 5.74) is 1.21. The smallest absolute Gasteiger partial charge is 0.172 e. The Labute approximate surface area is 256 Å². The van der Waals surface area contributed by atoms with Crippen molar-refractivity contribution in [2.75, 3.05) is 44.4 Å². The highest BCUT2D eigenvalue weighted by molar-refractivity contribution is 5.73. The van der Waals surface area contributed by atoms with E-state index in [2.05, 4.69) is 24.8 Å². The zero-order valence-corrected chi connectivity index (χ0v) is 26.1. The number of benzene rings is 1. The molecule has 0 saturated heterocycles. The fourth-order valence-corrected chi connectivity index (χ4v) is 4.91. The zero-order valence-electron chi connectivity index (χ0n) is 26.1. The SMILES string of the molecule is CCN(CC)c1cc(OCCCCCCO)c(/C=C/C2=C(C#N)C(=C(C#N)C#N)OC2(C)C)c(OCCCCCCO)c1. The first kappa shape index (κ1) is 35.2. The van der Waals surface area contributed by atoms with Crippen LogP contribution in [0.15, 0.2) is 40.7 Å². The molecule has 1 aromatic carbocycles. The van der Waals surface area contributed by atoms with Crippen molar-refractivity contribution >= 4 is 11.8 Å². The minimum Gasteiger partial charge on any atom is -0.493 e. The van der Waals surface area contributed by atoms with Gasteiger partial charge in [-0.25, -0.2) is 0 Å². The number of allylic oxidation sites excluding steroid dienone is 2. The number of hydrogen-bond acceptors (Lipinski definition) is 9. The van der Waals surface area contributed by atoms with Crippen LogP contribution in [0.2, 0.25) is 0 Å². The third-order valence-corrected chi connectivity index (χ3v) is 7.32. The van der Waals surface area contributed by atoms with Crippen molar-refractivity contribution < 1.29 is 24.4 Å². The number of ether oxygens (including phenoxy) is 3. The summed E-state index contributed by atoms with van der Waals surface area (Å²) < 4.78 is 18.7. The van der Waals surface area contributed by atoms with E-state index in [9.17, 15) is 15.8 Å². The summed E-state index contributed by atoms with van der Waals surface area (Å²) in [5, 5.41) is 47.0. The maximum absolute atomic E-state index is 9.99. The summed E-state index contributed by atoms with van der Waals surface area (Å²) in [5.74, 6) is 1.30. The van der Waals surface area contributed by atoms with E-state index in [1.165, 1.54) is 0 Å². The van der Waals surface area contributed by atoms with Crippen molar-refractivity contribution in [3.63, 3.8) is 0 Å². The van der Waals surface area contributed by atoms with E-state index in [1.54, 1.807) is 19.9 Å². The van der Waals surface area contributed by atoms with Crippen LogP contribution in [0.4, 0.5) is 5.69 Å². The van der Waals surface area contributed by atoms with Gasteiger partial charge in [-0.2, -0.15) is 15.8 Å². The molecular formula is C34H46N4O5. The summed E-state index contributed by atoms with van der Waals surface area (Å²) in [7, 11) is 0. The monoisotopic (exact) mass is 590 g/mol. The number of rotatable bonds is 19. The van der Waals surface area contributed by atoms with Crippen molar-refractivity contribution in [3.05, 3.63) is 46.3 Å². The Morgan fingerprint density at radius 3 is 1.79 bits per heavy atom. The highest BCUT2D eigenvalue weighted by atomic mass is 16.5. The molecule has 43 heavy (non-hydrogen) atoms. The molecule has 0 aliphatic carbocycles. The second-order valence-corrected chi connectivity index (χ2v) is 10.8. The lowest BCUT2D eigenvalue weighted by atomic mass is 9.94. The van der Waals surface area contributed by atoms with Crippen LogP contribution in [0.5, 0.6) is 11.5 Å². The van der Waals surface area contributed by atoms with Crippen LogP contribution in [0.1, 0.15) is 84.6 Å². The molecule has 0 saturated carbocycles. The van der Waals surface area contributed by atoms with Gasteiger partial charge >= 0.3 is 0 Å². The lowest BCUT2D eigenvalue weighted by Crippen LogP contribution is -2.22. The third-order valence-electron chi connectivity index (χ3n) is 7.32. The van der Waals surface area contributed by atoms with E-state index in [-0.39, 0.29) is 30.1 Å². The molecule has 0 unspecified atom stereocenters. The topological polar surface area (TPSA) is 143 Å². The Morgan fingerprint density at radius 1 is 0.837 bits per heavy atom. The maximum atomic E-state index is 9.99. The first-order valence-electron chi connectivity index (χ1n) is 15.3. The fourth-order valence-electron chi connectivity index (χ4n) is 4.91. The Balaban J connectivity index is 2.60. The number of nitrogens with zero attached hydrogens (tertiary/aromatic N) is 4. The van der Waals surface area contributed by atoms with E-state index in [4.69, 9.17) is 24.4 Å². The molecule has 0 amide bonds. The van der Waals surface area contributed by atoms with E-state index in [1.807, 2.05) is 30.3 Å². The molecule has 0 fully saturated rings. The summed E-state index contributed by atoms with van der Waals surface area (Å²) in [6.07, 6.45) is 10.6. The summed E-state index contributed by atoms with van der Waals surface area (Å²) in [6.45, 7) is 10.8. The van der Waals surface area contributed by atoms with Gasteiger partial charge in [0.1, 0.15) is 40.9 Å². The van der Waals surface area contributed by atoms with Gasteiger partial charge in [0.25, 0.3) is 0 Å². The predicted molar refractivity (Wildman–Crippen MR) is 167 cm³/mol. The number of hydrogen-bond donors (Lipinski definition) is 2. The molecule has 1 aliphatic heterocycles. The molecule has 0 radical (unpaired) electrons. The van der Waals surface area contributed by atoms with Crippen LogP contribution in [0.3, 0.4) is 0 Å². The highest BCUT2D eigenvalue weighted by Gasteiger charge is 2.38. The molecular weight excluding hydrogens is 544 g/mol. The van der Waals surface area contributed by atoms with Gasteiger partial charge in [0, 0.05) is 49.7 Å². The second kappa shape index (κ2) is 18.5. The maximum Gasteiger partial charge on any atom is 0.172 e. The molecule has 0 spiro atoms. The minimum absolute atomic E-state index is 0.00673. The molecule has 0 aromatic heterocycles. The van der Waals surface area contributed by atoms with E-state index < -0.39 is 5.60 Å². The number of nitriles is 3.